The van der Waals surface area contributed by atoms with E-state index in [2.05, 4.69) is 42.5 Å². The van der Waals surface area contributed by atoms with Crippen molar-refractivity contribution in [1.82, 2.24) is 19.9 Å². The Hall–Kier alpha value is -1.18. The molecule has 0 amide bonds. The van der Waals surface area contributed by atoms with E-state index in [0.29, 0.717) is 22.9 Å². The van der Waals surface area contributed by atoms with Crippen LogP contribution in [0.4, 0.5) is 0 Å². The number of aromatic nitrogens is 4. The van der Waals surface area contributed by atoms with Gasteiger partial charge in [-0.2, -0.15) is 9.97 Å². The summed E-state index contributed by atoms with van der Waals surface area (Å²) in [7, 11) is -0.0965. The Bertz CT molecular complexity index is 812. The summed E-state index contributed by atoms with van der Waals surface area (Å²) in [5.41, 5.74) is 0. The molecule has 2 rings (SSSR count). The molecule has 0 atom stereocenters. The van der Waals surface area contributed by atoms with Crippen molar-refractivity contribution in [3.8, 4) is 11.8 Å². The number of hydrogen-bond acceptors (Lipinski definition) is 8. The average molecular weight is 543 g/mol. The molecule has 28 heavy (non-hydrogen) atoms. The predicted octanol–water partition coefficient (Wildman–Crippen LogP) is 4.15. The van der Waals surface area contributed by atoms with Gasteiger partial charge in [0.05, 0.1) is 23.1 Å². The zero-order valence-corrected chi connectivity index (χ0v) is 20.8. The van der Waals surface area contributed by atoms with Crippen molar-refractivity contribution >= 4 is 42.8 Å². The lowest BCUT2D eigenvalue weighted by Gasteiger charge is -2.10. The van der Waals surface area contributed by atoms with Gasteiger partial charge in [-0.05, 0) is 49.8 Å². The van der Waals surface area contributed by atoms with E-state index in [0.717, 1.165) is 9.39 Å². The second-order valence-electron chi connectivity index (χ2n) is 5.75. The number of rotatable bonds is 3. The molecule has 0 saturated carbocycles. The molecule has 0 aliphatic heterocycles. The normalized spacial score (nSPS) is 9.61. The topological polar surface area (TPSA) is 104 Å². The Morgan fingerprint density at radius 1 is 0.964 bits per heavy atom. The zero-order chi connectivity index (χ0) is 21.2. The van der Waals surface area contributed by atoms with Gasteiger partial charge in [0.2, 0.25) is 11.8 Å². The Labute approximate surface area is 182 Å². The molecular formula is C17H30IN4O4P2+. The minimum atomic E-state index is -2.34. The highest BCUT2D eigenvalue weighted by molar-refractivity contribution is 14.1. The maximum absolute atomic E-state index is 11.7. The molecule has 2 aromatic heterocycles. The standard InChI is InChI=1S/C8H13N2O2P.C6H7IN2O.C2H6OP.CH4/c1-6-9-5-7(13(3,4)11)8(10-6)12-2;1-4-8-3-5(7)6(9-4)10-2;1-4(2)3;/h5H,1-4H3;3H,1-2H3;1-2H3;1H4/q;;+1;. The molecule has 0 radical (unpaired) electrons. The summed E-state index contributed by atoms with van der Waals surface area (Å²) in [5.74, 6) is 2.42. The molecule has 0 bridgehead atoms. The van der Waals surface area contributed by atoms with Gasteiger partial charge in [-0.1, -0.05) is 12.0 Å². The summed E-state index contributed by atoms with van der Waals surface area (Å²) in [4.78, 5) is 16.1. The molecule has 8 nitrogen and oxygen atoms in total. The molecule has 0 aromatic carbocycles. The van der Waals surface area contributed by atoms with E-state index in [1.165, 1.54) is 7.11 Å². The quantitative estimate of drug-likeness (QED) is 0.420. The van der Waals surface area contributed by atoms with Gasteiger partial charge in [0.1, 0.15) is 32.1 Å². The molecule has 2 aromatic rings. The lowest BCUT2D eigenvalue weighted by Crippen LogP contribution is -2.11. The molecule has 0 unspecified atom stereocenters. The SMILES string of the molecule is C.COc1nc(C)ncc1I.COc1nc(C)ncc1P(C)(C)=O.C[P+](C)=O. The van der Waals surface area contributed by atoms with E-state index >= 15 is 0 Å². The van der Waals surface area contributed by atoms with Gasteiger partial charge in [0, 0.05) is 12.4 Å². The fraction of sp³-hybridized carbons (Fsp3) is 0.529. The minimum Gasteiger partial charge on any atom is -0.480 e. The van der Waals surface area contributed by atoms with Crippen LogP contribution in [0.25, 0.3) is 0 Å². The molecule has 11 heteroatoms. The van der Waals surface area contributed by atoms with Gasteiger partial charge in [-0.25, -0.2) is 9.97 Å². The molecule has 2 heterocycles. The number of halogens is 1. The Kier molecular flexibility index (Phi) is 14.4. The maximum atomic E-state index is 11.7. The third kappa shape index (κ3) is 11.6. The highest BCUT2D eigenvalue weighted by Gasteiger charge is 2.18. The summed E-state index contributed by atoms with van der Waals surface area (Å²) in [6.45, 7) is 10.3. The smallest absolute Gasteiger partial charge is 0.332 e. The first-order chi connectivity index (χ1) is 12.4. The van der Waals surface area contributed by atoms with Gasteiger partial charge in [-0.15, -0.1) is 0 Å². The fourth-order valence-corrected chi connectivity index (χ4v) is 2.96. The van der Waals surface area contributed by atoms with E-state index in [1.54, 1.807) is 53.1 Å². The number of ether oxygens (including phenoxy) is 2. The van der Waals surface area contributed by atoms with E-state index < -0.39 is 14.9 Å². The predicted molar refractivity (Wildman–Crippen MR) is 125 cm³/mol. The lowest BCUT2D eigenvalue weighted by atomic mass is 10.6. The van der Waals surface area contributed by atoms with Crippen molar-refractivity contribution in [2.75, 3.05) is 40.9 Å². The summed E-state index contributed by atoms with van der Waals surface area (Å²) >= 11 is 2.13. The van der Waals surface area contributed by atoms with Crippen molar-refractivity contribution in [2.24, 2.45) is 0 Å². The van der Waals surface area contributed by atoms with E-state index in [4.69, 9.17) is 9.47 Å². The minimum absolute atomic E-state index is 0. The number of nitrogens with zero attached hydrogens (tertiary/aromatic N) is 4. The van der Waals surface area contributed by atoms with Crippen LogP contribution in [0.5, 0.6) is 11.8 Å². The summed E-state index contributed by atoms with van der Waals surface area (Å²) < 4.78 is 32.3. The Morgan fingerprint density at radius 2 is 1.36 bits per heavy atom. The van der Waals surface area contributed by atoms with Crippen LogP contribution >= 0.6 is 37.5 Å². The van der Waals surface area contributed by atoms with Gasteiger partial charge in [-0.3, -0.25) is 0 Å². The lowest BCUT2D eigenvalue weighted by molar-refractivity contribution is 0.392. The van der Waals surface area contributed by atoms with Gasteiger partial charge < -0.3 is 14.0 Å². The largest absolute Gasteiger partial charge is 0.480 e. The fourth-order valence-electron chi connectivity index (χ4n) is 1.54. The molecular weight excluding hydrogens is 513 g/mol. The molecule has 0 saturated heterocycles. The van der Waals surface area contributed by atoms with E-state index in [1.807, 2.05) is 6.92 Å². The highest BCUT2D eigenvalue weighted by atomic mass is 127. The third-order valence-electron chi connectivity index (χ3n) is 2.66. The second-order valence-corrected chi connectivity index (χ2v) is 11.7. The zero-order valence-electron chi connectivity index (χ0n) is 16.8. The van der Waals surface area contributed by atoms with Crippen LogP contribution in [0, 0.1) is 17.4 Å². The first-order valence-electron chi connectivity index (χ1n) is 7.73. The van der Waals surface area contributed by atoms with Gasteiger partial charge >= 0.3 is 7.80 Å². The van der Waals surface area contributed by atoms with E-state index in [9.17, 15) is 9.13 Å². The molecule has 0 fully saturated rings. The first kappa shape index (κ1) is 29.0. The number of hydrogen-bond donors (Lipinski definition) is 0. The summed E-state index contributed by atoms with van der Waals surface area (Å²) in [6.07, 6.45) is 3.31. The van der Waals surface area contributed by atoms with Crippen LogP contribution in [-0.2, 0) is 9.13 Å². The summed E-state index contributed by atoms with van der Waals surface area (Å²) in [6, 6.07) is 0. The van der Waals surface area contributed by atoms with Crippen LogP contribution in [0.2, 0.25) is 0 Å². The molecule has 0 aliphatic carbocycles. The second kappa shape index (κ2) is 13.9. The Balaban J connectivity index is 0. The highest BCUT2D eigenvalue weighted by Crippen LogP contribution is 2.37. The third-order valence-corrected chi connectivity index (χ3v) is 4.86. The monoisotopic (exact) mass is 543 g/mol. The number of methoxy groups -OCH3 is 2. The first-order valence-corrected chi connectivity index (χ1v) is 13.6. The van der Waals surface area contributed by atoms with Crippen molar-refractivity contribution in [3.63, 3.8) is 0 Å². The van der Waals surface area contributed by atoms with Crippen LogP contribution in [0.1, 0.15) is 19.1 Å². The van der Waals surface area contributed by atoms with Crippen LogP contribution in [0.15, 0.2) is 12.4 Å². The molecule has 0 N–H and O–H groups in total. The molecule has 0 spiro atoms. The summed E-state index contributed by atoms with van der Waals surface area (Å²) in [5, 5.41) is 0.598. The average Bonchev–Trinajstić information content (AvgIpc) is 2.55. The van der Waals surface area contributed by atoms with Crippen molar-refractivity contribution < 1.29 is 18.6 Å². The van der Waals surface area contributed by atoms with Gasteiger partial charge in [0.15, 0.2) is 0 Å². The van der Waals surface area contributed by atoms with Crippen molar-refractivity contribution in [1.29, 1.82) is 0 Å². The van der Waals surface area contributed by atoms with Crippen LogP contribution in [-0.4, -0.2) is 60.8 Å². The van der Waals surface area contributed by atoms with Gasteiger partial charge in [0.25, 0.3) is 0 Å². The number of aryl methyl sites for hydroxylation is 2. The van der Waals surface area contributed by atoms with E-state index in [-0.39, 0.29) is 7.43 Å². The molecule has 0 aliphatic rings. The van der Waals surface area contributed by atoms with Crippen molar-refractivity contribution in [3.05, 3.63) is 27.6 Å². The maximum Gasteiger partial charge on any atom is 0.332 e. The van der Waals surface area contributed by atoms with Crippen LogP contribution in [0.3, 0.4) is 0 Å². The van der Waals surface area contributed by atoms with Crippen LogP contribution < -0.4 is 14.8 Å². The molecule has 158 valence electrons. The van der Waals surface area contributed by atoms with Crippen molar-refractivity contribution in [2.45, 2.75) is 21.3 Å². The Morgan fingerprint density at radius 3 is 1.71 bits per heavy atom.